The Morgan fingerprint density at radius 1 is 1.43 bits per heavy atom. The molecule has 1 aliphatic heterocycles. The zero-order valence-electron chi connectivity index (χ0n) is 11.8. The molecule has 1 N–H and O–H groups in total. The van der Waals surface area contributed by atoms with Crippen molar-refractivity contribution in [2.75, 3.05) is 13.2 Å². The van der Waals surface area contributed by atoms with Crippen LogP contribution in [0, 0.1) is 11.3 Å². The van der Waals surface area contributed by atoms with E-state index in [0.29, 0.717) is 6.54 Å². The minimum atomic E-state index is -0.356. The van der Waals surface area contributed by atoms with E-state index in [1.807, 2.05) is 42.5 Å². The predicted molar refractivity (Wildman–Crippen MR) is 81.2 cm³/mol. The third-order valence-electron chi connectivity index (χ3n) is 3.23. The summed E-state index contributed by atoms with van der Waals surface area (Å²) >= 11 is 0. The van der Waals surface area contributed by atoms with Gasteiger partial charge in [0.2, 0.25) is 0 Å². The van der Waals surface area contributed by atoms with Crippen LogP contribution in [0.25, 0.3) is 6.08 Å². The largest absolute Gasteiger partial charge is 0.376 e. The molecule has 1 aromatic carbocycles. The smallest absolute Gasteiger partial charge is 0.262 e. The highest BCUT2D eigenvalue weighted by atomic mass is 16.5. The van der Waals surface area contributed by atoms with Gasteiger partial charge in [0, 0.05) is 13.2 Å². The first-order valence-corrected chi connectivity index (χ1v) is 7.03. The van der Waals surface area contributed by atoms with Crippen LogP contribution in [0.5, 0.6) is 0 Å². The van der Waals surface area contributed by atoms with E-state index in [1.54, 1.807) is 6.08 Å². The molecule has 1 fully saturated rings. The molecule has 1 amide bonds. The van der Waals surface area contributed by atoms with Crippen molar-refractivity contribution in [2.24, 2.45) is 0 Å². The van der Waals surface area contributed by atoms with Crippen molar-refractivity contribution in [3.63, 3.8) is 0 Å². The molecule has 1 aliphatic rings. The fraction of sp³-hybridized carbons (Fsp3) is 0.294. The first kappa shape index (κ1) is 15.0. The minimum Gasteiger partial charge on any atom is -0.376 e. The van der Waals surface area contributed by atoms with E-state index < -0.39 is 0 Å². The molecule has 0 aliphatic carbocycles. The van der Waals surface area contributed by atoms with Crippen LogP contribution in [0.2, 0.25) is 0 Å². The molecule has 0 aromatic heterocycles. The summed E-state index contributed by atoms with van der Waals surface area (Å²) < 4.78 is 5.42. The summed E-state index contributed by atoms with van der Waals surface area (Å²) in [5.74, 6) is -0.356. The van der Waals surface area contributed by atoms with E-state index in [2.05, 4.69) is 5.32 Å². The van der Waals surface area contributed by atoms with E-state index in [9.17, 15) is 4.79 Å². The maximum absolute atomic E-state index is 11.9. The van der Waals surface area contributed by atoms with Gasteiger partial charge in [0.05, 0.1) is 6.10 Å². The summed E-state index contributed by atoms with van der Waals surface area (Å²) in [6.45, 7) is 1.21. The van der Waals surface area contributed by atoms with E-state index >= 15 is 0 Å². The summed E-state index contributed by atoms with van der Waals surface area (Å²) in [7, 11) is 0. The SMILES string of the molecule is N#C/C(=C\C=C\c1ccccc1)C(=O)NC[C@H]1CCCO1. The van der Waals surface area contributed by atoms with Crippen LogP contribution in [-0.2, 0) is 9.53 Å². The van der Waals surface area contributed by atoms with Gasteiger partial charge in [0.15, 0.2) is 0 Å². The van der Waals surface area contributed by atoms with Crippen molar-refractivity contribution in [3.8, 4) is 6.07 Å². The maximum Gasteiger partial charge on any atom is 0.262 e. The fourth-order valence-electron chi connectivity index (χ4n) is 2.09. The van der Waals surface area contributed by atoms with Gasteiger partial charge in [-0.15, -0.1) is 0 Å². The number of ether oxygens (including phenoxy) is 1. The molecule has 1 saturated heterocycles. The van der Waals surface area contributed by atoms with Gasteiger partial charge in [-0.05, 0) is 24.5 Å². The molecule has 0 spiro atoms. The molecule has 0 saturated carbocycles. The van der Waals surface area contributed by atoms with Gasteiger partial charge in [-0.2, -0.15) is 5.26 Å². The Morgan fingerprint density at radius 3 is 2.90 bits per heavy atom. The topological polar surface area (TPSA) is 62.1 Å². The average molecular weight is 282 g/mol. The Bertz CT molecular complexity index is 564. The van der Waals surface area contributed by atoms with Crippen molar-refractivity contribution >= 4 is 12.0 Å². The Balaban J connectivity index is 1.88. The Kier molecular flexibility index (Phi) is 5.74. The van der Waals surface area contributed by atoms with E-state index in [-0.39, 0.29) is 17.6 Å². The minimum absolute atomic E-state index is 0.0775. The fourth-order valence-corrected chi connectivity index (χ4v) is 2.09. The quantitative estimate of drug-likeness (QED) is 0.512. The number of nitrogens with one attached hydrogen (secondary N) is 1. The van der Waals surface area contributed by atoms with Crippen LogP contribution in [0.1, 0.15) is 18.4 Å². The summed E-state index contributed by atoms with van der Waals surface area (Å²) in [5.41, 5.74) is 1.12. The van der Waals surface area contributed by atoms with Gasteiger partial charge >= 0.3 is 0 Å². The number of amides is 1. The summed E-state index contributed by atoms with van der Waals surface area (Å²) in [4.78, 5) is 11.9. The lowest BCUT2D eigenvalue weighted by Gasteiger charge is -2.09. The number of rotatable bonds is 5. The second-order valence-corrected chi connectivity index (χ2v) is 4.81. The number of hydrogen-bond donors (Lipinski definition) is 1. The molecule has 1 heterocycles. The lowest BCUT2D eigenvalue weighted by Crippen LogP contribution is -2.32. The van der Waals surface area contributed by atoms with Gasteiger partial charge in [0.25, 0.3) is 5.91 Å². The lowest BCUT2D eigenvalue weighted by molar-refractivity contribution is -0.117. The number of benzene rings is 1. The zero-order valence-corrected chi connectivity index (χ0v) is 11.8. The number of carbonyl (C=O) groups excluding carboxylic acids is 1. The van der Waals surface area contributed by atoms with Crippen molar-refractivity contribution in [2.45, 2.75) is 18.9 Å². The highest BCUT2D eigenvalue weighted by Crippen LogP contribution is 2.10. The maximum atomic E-state index is 11.9. The predicted octanol–water partition coefficient (Wildman–Crippen LogP) is 2.44. The molecule has 108 valence electrons. The van der Waals surface area contributed by atoms with Crippen LogP contribution in [0.4, 0.5) is 0 Å². The molecule has 0 unspecified atom stereocenters. The first-order chi connectivity index (χ1) is 10.3. The Morgan fingerprint density at radius 2 is 2.24 bits per heavy atom. The van der Waals surface area contributed by atoms with Gasteiger partial charge in [-0.25, -0.2) is 0 Å². The van der Waals surface area contributed by atoms with Crippen molar-refractivity contribution < 1.29 is 9.53 Å². The number of carbonyl (C=O) groups is 1. The van der Waals surface area contributed by atoms with Crippen molar-refractivity contribution in [3.05, 3.63) is 53.6 Å². The number of nitriles is 1. The van der Waals surface area contributed by atoms with Crippen LogP contribution in [0.3, 0.4) is 0 Å². The highest BCUT2D eigenvalue weighted by Gasteiger charge is 2.17. The van der Waals surface area contributed by atoms with Gasteiger partial charge < -0.3 is 10.1 Å². The number of nitrogens with zero attached hydrogens (tertiary/aromatic N) is 1. The highest BCUT2D eigenvalue weighted by molar-refractivity contribution is 5.97. The molecule has 4 heteroatoms. The van der Waals surface area contributed by atoms with Crippen LogP contribution in [0.15, 0.2) is 48.1 Å². The van der Waals surface area contributed by atoms with Gasteiger partial charge in [-0.3, -0.25) is 4.79 Å². The van der Waals surface area contributed by atoms with Crippen LogP contribution in [-0.4, -0.2) is 25.2 Å². The third kappa shape index (κ3) is 4.90. The normalized spacial score (nSPS) is 18.6. The third-order valence-corrected chi connectivity index (χ3v) is 3.23. The van der Waals surface area contributed by atoms with Crippen LogP contribution >= 0.6 is 0 Å². The number of hydrogen-bond acceptors (Lipinski definition) is 3. The summed E-state index contributed by atoms with van der Waals surface area (Å²) in [6, 6.07) is 11.6. The molecule has 21 heavy (non-hydrogen) atoms. The first-order valence-electron chi connectivity index (χ1n) is 7.03. The number of allylic oxidation sites excluding steroid dienone is 2. The molecule has 4 nitrogen and oxygen atoms in total. The van der Waals surface area contributed by atoms with E-state index in [4.69, 9.17) is 10.00 Å². The Hall–Kier alpha value is -2.38. The molecular formula is C17H18N2O2. The summed E-state index contributed by atoms with van der Waals surface area (Å²) in [6.07, 6.45) is 7.15. The molecule has 2 rings (SSSR count). The van der Waals surface area contributed by atoms with Crippen molar-refractivity contribution in [1.29, 1.82) is 5.26 Å². The molecular weight excluding hydrogens is 264 g/mol. The molecule has 1 atom stereocenters. The van der Waals surface area contributed by atoms with Crippen LogP contribution < -0.4 is 5.32 Å². The standard InChI is InChI=1S/C17H18N2O2/c18-12-15(9-4-8-14-6-2-1-3-7-14)17(20)19-13-16-10-5-11-21-16/h1-4,6-9,16H,5,10-11,13H2,(H,19,20)/b8-4+,15-9+/t16-/m1/s1. The molecule has 0 radical (unpaired) electrons. The van der Waals surface area contributed by atoms with E-state index in [0.717, 1.165) is 25.0 Å². The lowest BCUT2D eigenvalue weighted by atomic mass is 10.2. The summed E-state index contributed by atoms with van der Waals surface area (Å²) in [5, 5.41) is 11.8. The van der Waals surface area contributed by atoms with Gasteiger partial charge in [-0.1, -0.05) is 42.5 Å². The monoisotopic (exact) mass is 282 g/mol. The average Bonchev–Trinajstić information content (AvgIpc) is 3.04. The van der Waals surface area contributed by atoms with E-state index in [1.165, 1.54) is 6.08 Å². The second kappa shape index (κ2) is 8.03. The molecule has 1 aromatic rings. The zero-order chi connectivity index (χ0) is 14.9. The molecule has 0 bridgehead atoms. The Labute approximate surface area is 124 Å². The van der Waals surface area contributed by atoms with Gasteiger partial charge in [0.1, 0.15) is 11.6 Å². The van der Waals surface area contributed by atoms with Crippen molar-refractivity contribution in [1.82, 2.24) is 5.32 Å². The second-order valence-electron chi connectivity index (χ2n) is 4.81.